The molecule has 0 atom stereocenters. The Labute approximate surface area is 70.8 Å². The van der Waals surface area contributed by atoms with Crippen LogP contribution in [0.5, 0.6) is 0 Å². The number of H-pyrrole nitrogens is 1. The summed E-state index contributed by atoms with van der Waals surface area (Å²) in [4.78, 5) is 7.54. The van der Waals surface area contributed by atoms with E-state index in [2.05, 4.69) is 21.4 Å². The second-order valence-corrected chi connectivity index (χ2v) is 2.74. The zero-order valence-electron chi connectivity index (χ0n) is 6.96. The average molecular weight is 161 g/mol. The van der Waals surface area contributed by atoms with E-state index in [1.807, 2.05) is 25.4 Å². The van der Waals surface area contributed by atoms with Gasteiger partial charge in [-0.05, 0) is 25.2 Å². The molecule has 0 unspecified atom stereocenters. The third kappa shape index (κ3) is 1.19. The number of nitrogens with zero attached hydrogens (tertiary/aromatic N) is 1. The second kappa shape index (κ2) is 2.95. The Morgan fingerprint density at radius 2 is 2.33 bits per heavy atom. The van der Waals surface area contributed by atoms with Crippen molar-refractivity contribution in [1.82, 2.24) is 15.3 Å². The molecule has 62 valence electrons. The first-order valence-electron chi connectivity index (χ1n) is 3.98. The van der Waals surface area contributed by atoms with E-state index in [1.165, 1.54) is 0 Å². The van der Waals surface area contributed by atoms with Gasteiger partial charge < -0.3 is 10.3 Å². The van der Waals surface area contributed by atoms with Gasteiger partial charge in [0.15, 0.2) is 0 Å². The number of aromatic amines is 1. The van der Waals surface area contributed by atoms with Gasteiger partial charge >= 0.3 is 0 Å². The first kappa shape index (κ1) is 7.31. The van der Waals surface area contributed by atoms with Gasteiger partial charge in [0.25, 0.3) is 0 Å². The fourth-order valence-electron chi connectivity index (χ4n) is 1.26. The van der Waals surface area contributed by atoms with Crippen LogP contribution in [0.3, 0.4) is 0 Å². The van der Waals surface area contributed by atoms with Gasteiger partial charge in [0.05, 0.1) is 16.7 Å². The number of pyridine rings is 1. The topological polar surface area (TPSA) is 40.7 Å². The van der Waals surface area contributed by atoms with E-state index in [4.69, 9.17) is 0 Å². The van der Waals surface area contributed by atoms with Crippen LogP contribution in [-0.2, 0) is 6.54 Å². The molecule has 0 saturated carbocycles. The smallest absolute Gasteiger partial charge is 0.0882 e. The van der Waals surface area contributed by atoms with Crippen LogP contribution in [0.1, 0.15) is 5.69 Å². The lowest BCUT2D eigenvalue weighted by Gasteiger charge is -1.97. The van der Waals surface area contributed by atoms with Gasteiger partial charge in [-0.15, -0.1) is 0 Å². The summed E-state index contributed by atoms with van der Waals surface area (Å²) in [7, 11) is 1.92. The maximum Gasteiger partial charge on any atom is 0.0882 e. The third-order valence-electron chi connectivity index (χ3n) is 1.82. The van der Waals surface area contributed by atoms with Gasteiger partial charge in [0, 0.05) is 12.7 Å². The molecule has 0 fully saturated rings. The van der Waals surface area contributed by atoms with E-state index in [1.54, 1.807) is 0 Å². The summed E-state index contributed by atoms with van der Waals surface area (Å²) in [5.41, 5.74) is 3.20. The molecule has 0 bridgehead atoms. The van der Waals surface area contributed by atoms with Crippen LogP contribution >= 0.6 is 0 Å². The number of aromatic nitrogens is 2. The van der Waals surface area contributed by atoms with Crippen molar-refractivity contribution in [3.05, 3.63) is 30.1 Å². The molecule has 2 rings (SSSR count). The lowest BCUT2D eigenvalue weighted by Crippen LogP contribution is -2.06. The zero-order valence-corrected chi connectivity index (χ0v) is 6.96. The van der Waals surface area contributed by atoms with Crippen molar-refractivity contribution < 1.29 is 0 Å². The van der Waals surface area contributed by atoms with Crippen LogP contribution in [0.25, 0.3) is 11.0 Å². The van der Waals surface area contributed by atoms with Crippen LogP contribution in [-0.4, -0.2) is 17.0 Å². The van der Waals surface area contributed by atoms with Gasteiger partial charge in [-0.3, -0.25) is 0 Å². The molecule has 3 heteroatoms. The first-order chi connectivity index (χ1) is 5.90. The van der Waals surface area contributed by atoms with Crippen molar-refractivity contribution in [1.29, 1.82) is 0 Å². The van der Waals surface area contributed by atoms with Crippen molar-refractivity contribution in [3.63, 3.8) is 0 Å². The molecule has 12 heavy (non-hydrogen) atoms. The van der Waals surface area contributed by atoms with Crippen LogP contribution < -0.4 is 5.32 Å². The number of nitrogens with one attached hydrogen (secondary N) is 2. The molecule has 0 aliphatic heterocycles. The standard InChI is InChI=1S/C9H11N3/c1-10-6-7-2-3-8-9(12-7)4-5-11-8/h2-5,10-11H,6H2,1H3. The average Bonchev–Trinajstić information content (AvgIpc) is 2.51. The summed E-state index contributed by atoms with van der Waals surface area (Å²) >= 11 is 0. The van der Waals surface area contributed by atoms with Gasteiger partial charge in [0.2, 0.25) is 0 Å². The highest BCUT2D eigenvalue weighted by Crippen LogP contribution is 2.09. The van der Waals surface area contributed by atoms with E-state index in [0.29, 0.717) is 0 Å². The van der Waals surface area contributed by atoms with Crippen molar-refractivity contribution in [2.75, 3.05) is 7.05 Å². The van der Waals surface area contributed by atoms with Gasteiger partial charge in [-0.25, -0.2) is 4.98 Å². The first-order valence-corrected chi connectivity index (χ1v) is 3.98. The molecule has 0 aliphatic rings. The molecule has 3 nitrogen and oxygen atoms in total. The van der Waals surface area contributed by atoms with Crippen molar-refractivity contribution >= 4 is 11.0 Å². The lowest BCUT2D eigenvalue weighted by atomic mass is 10.3. The van der Waals surface area contributed by atoms with E-state index in [-0.39, 0.29) is 0 Å². The van der Waals surface area contributed by atoms with Crippen molar-refractivity contribution in [3.8, 4) is 0 Å². The number of hydrogen-bond donors (Lipinski definition) is 2. The zero-order chi connectivity index (χ0) is 8.39. The van der Waals surface area contributed by atoms with Gasteiger partial charge in [0.1, 0.15) is 0 Å². The largest absolute Gasteiger partial charge is 0.360 e. The highest BCUT2D eigenvalue weighted by Gasteiger charge is 1.96. The summed E-state index contributed by atoms with van der Waals surface area (Å²) < 4.78 is 0. The van der Waals surface area contributed by atoms with E-state index in [0.717, 1.165) is 23.3 Å². The molecule has 0 radical (unpaired) electrons. The number of hydrogen-bond acceptors (Lipinski definition) is 2. The second-order valence-electron chi connectivity index (χ2n) is 2.74. The Morgan fingerprint density at radius 3 is 3.17 bits per heavy atom. The minimum absolute atomic E-state index is 0.821. The Morgan fingerprint density at radius 1 is 1.42 bits per heavy atom. The predicted molar refractivity (Wildman–Crippen MR) is 48.9 cm³/mol. The van der Waals surface area contributed by atoms with E-state index >= 15 is 0 Å². The maximum absolute atomic E-state index is 4.43. The normalized spacial score (nSPS) is 10.8. The minimum Gasteiger partial charge on any atom is -0.360 e. The fourth-order valence-corrected chi connectivity index (χ4v) is 1.26. The third-order valence-corrected chi connectivity index (χ3v) is 1.82. The van der Waals surface area contributed by atoms with E-state index < -0.39 is 0 Å². The number of fused-ring (bicyclic) bond motifs is 1. The quantitative estimate of drug-likeness (QED) is 0.696. The molecular formula is C9H11N3. The highest BCUT2D eigenvalue weighted by molar-refractivity contribution is 5.74. The van der Waals surface area contributed by atoms with Crippen molar-refractivity contribution in [2.24, 2.45) is 0 Å². The van der Waals surface area contributed by atoms with Gasteiger partial charge in [-0.1, -0.05) is 0 Å². The van der Waals surface area contributed by atoms with Crippen LogP contribution in [0.2, 0.25) is 0 Å². The van der Waals surface area contributed by atoms with Crippen LogP contribution in [0.15, 0.2) is 24.4 Å². The molecule has 0 spiro atoms. The highest BCUT2D eigenvalue weighted by atomic mass is 14.9. The summed E-state index contributed by atoms with van der Waals surface area (Å²) in [5, 5.41) is 3.07. The summed E-state index contributed by atoms with van der Waals surface area (Å²) in [5.74, 6) is 0. The Balaban J connectivity index is 2.46. The molecule has 0 aromatic carbocycles. The van der Waals surface area contributed by atoms with Crippen LogP contribution in [0, 0.1) is 0 Å². The maximum atomic E-state index is 4.43. The predicted octanol–water partition coefficient (Wildman–Crippen LogP) is 1.28. The Bertz CT molecular complexity index is 378. The molecule has 2 N–H and O–H groups in total. The molecule has 0 saturated heterocycles. The Kier molecular flexibility index (Phi) is 1.80. The SMILES string of the molecule is CNCc1ccc2[nH]ccc2n1. The minimum atomic E-state index is 0.821. The molecule has 2 aromatic heterocycles. The number of rotatable bonds is 2. The summed E-state index contributed by atoms with van der Waals surface area (Å²) in [6, 6.07) is 6.05. The Hall–Kier alpha value is -1.35. The van der Waals surface area contributed by atoms with Gasteiger partial charge in [-0.2, -0.15) is 0 Å². The molecular weight excluding hydrogens is 150 g/mol. The molecule has 2 aromatic rings. The lowest BCUT2D eigenvalue weighted by molar-refractivity contribution is 0.795. The molecule has 0 amide bonds. The molecule has 2 heterocycles. The van der Waals surface area contributed by atoms with Crippen molar-refractivity contribution in [2.45, 2.75) is 6.54 Å². The summed E-state index contributed by atoms with van der Waals surface area (Å²) in [6.07, 6.45) is 1.90. The summed E-state index contributed by atoms with van der Waals surface area (Å²) in [6.45, 7) is 0.821. The van der Waals surface area contributed by atoms with E-state index in [9.17, 15) is 0 Å². The van der Waals surface area contributed by atoms with Crippen LogP contribution in [0.4, 0.5) is 0 Å². The monoisotopic (exact) mass is 161 g/mol. The fraction of sp³-hybridized carbons (Fsp3) is 0.222. The molecule has 0 aliphatic carbocycles.